The van der Waals surface area contributed by atoms with Crippen LogP contribution in [-0.2, 0) is 14.3 Å². The van der Waals surface area contributed by atoms with E-state index in [9.17, 15) is 10.1 Å². The maximum absolute atomic E-state index is 12.6. The first-order valence-corrected chi connectivity index (χ1v) is 8.91. The average Bonchev–Trinajstić information content (AvgIpc) is 2.62. The van der Waals surface area contributed by atoms with Gasteiger partial charge < -0.3 is 15.2 Å². The van der Waals surface area contributed by atoms with Crippen molar-refractivity contribution in [1.29, 1.82) is 5.26 Å². The van der Waals surface area contributed by atoms with Gasteiger partial charge in [-0.2, -0.15) is 5.26 Å². The third-order valence-corrected chi connectivity index (χ3v) is 5.19. The van der Waals surface area contributed by atoms with Crippen LogP contribution >= 0.6 is 15.9 Å². The number of benzene rings is 2. The molecule has 132 valence electrons. The fraction of sp³-hybridized carbons (Fsp3) is 0.200. The minimum Gasteiger partial charge on any atom is -0.463 e. The summed E-state index contributed by atoms with van der Waals surface area (Å²) < 4.78 is 11.4. The number of nitrogens with two attached hydrogens (primary N) is 1. The second kappa shape index (κ2) is 7.22. The van der Waals surface area contributed by atoms with E-state index in [2.05, 4.69) is 22.0 Å². The summed E-state index contributed by atoms with van der Waals surface area (Å²) in [6.07, 6.45) is 0. The van der Waals surface area contributed by atoms with Crippen LogP contribution in [0.5, 0.6) is 0 Å². The van der Waals surface area contributed by atoms with E-state index in [4.69, 9.17) is 15.2 Å². The molecular weight excluding hydrogens is 396 g/mol. The second-order valence-electron chi connectivity index (χ2n) is 5.81. The Hall–Kier alpha value is -2.78. The van der Waals surface area contributed by atoms with Crippen molar-refractivity contribution in [1.82, 2.24) is 0 Å². The summed E-state index contributed by atoms with van der Waals surface area (Å²) in [5.74, 6) is -0.838. The van der Waals surface area contributed by atoms with Gasteiger partial charge >= 0.3 is 5.97 Å². The summed E-state index contributed by atoms with van der Waals surface area (Å²) in [7, 11) is 0. The Kier molecular flexibility index (Phi) is 5.01. The Morgan fingerprint density at radius 1 is 1.35 bits per heavy atom. The zero-order valence-electron chi connectivity index (χ0n) is 14.4. The van der Waals surface area contributed by atoms with Gasteiger partial charge in [0.2, 0.25) is 5.88 Å². The topological polar surface area (TPSA) is 85.3 Å². The molecule has 1 unspecified atom stereocenters. The normalized spacial score (nSPS) is 17.1. The summed E-state index contributed by atoms with van der Waals surface area (Å²) in [4.78, 5) is 12.6. The molecule has 0 aliphatic carbocycles. The lowest BCUT2D eigenvalue weighted by Crippen LogP contribution is -2.25. The highest BCUT2D eigenvalue weighted by atomic mass is 79.9. The maximum atomic E-state index is 12.6. The van der Waals surface area contributed by atoms with E-state index in [-0.39, 0.29) is 23.6 Å². The molecule has 0 saturated carbocycles. The van der Waals surface area contributed by atoms with E-state index in [1.165, 1.54) is 0 Å². The molecule has 26 heavy (non-hydrogen) atoms. The highest BCUT2D eigenvalue weighted by molar-refractivity contribution is 9.10. The van der Waals surface area contributed by atoms with Crippen LogP contribution in [0.15, 0.2) is 63.7 Å². The average molecular weight is 413 g/mol. The molecule has 0 aromatic heterocycles. The molecule has 0 spiro atoms. The van der Waals surface area contributed by atoms with Crippen LogP contribution in [0.1, 0.15) is 25.3 Å². The van der Waals surface area contributed by atoms with Crippen molar-refractivity contribution >= 4 is 32.7 Å². The van der Waals surface area contributed by atoms with E-state index in [0.29, 0.717) is 5.76 Å². The Balaban J connectivity index is 2.27. The molecule has 2 N–H and O–H groups in total. The van der Waals surface area contributed by atoms with Crippen molar-refractivity contribution in [2.24, 2.45) is 5.73 Å². The van der Waals surface area contributed by atoms with Crippen molar-refractivity contribution < 1.29 is 14.3 Å². The molecule has 5 nitrogen and oxygen atoms in total. The van der Waals surface area contributed by atoms with Crippen LogP contribution in [0.4, 0.5) is 0 Å². The molecule has 0 saturated heterocycles. The molecule has 1 aliphatic rings. The SMILES string of the molecule is CCOC(=O)C1=C(C)OC(N)=C(C#N)C1c1ccc2ccccc2c1Br. The molecule has 0 radical (unpaired) electrons. The molecular formula is C20H17BrN2O3. The Morgan fingerprint density at radius 2 is 2.08 bits per heavy atom. The lowest BCUT2D eigenvalue weighted by atomic mass is 9.82. The number of halogens is 1. The van der Waals surface area contributed by atoms with Crippen molar-refractivity contribution in [2.75, 3.05) is 6.61 Å². The third-order valence-electron chi connectivity index (χ3n) is 4.31. The van der Waals surface area contributed by atoms with Crippen LogP contribution in [-0.4, -0.2) is 12.6 Å². The van der Waals surface area contributed by atoms with Gasteiger partial charge in [-0.05, 0) is 46.1 Å². The monoisotopic (exact) mass is 412 g/mol. The molecule has 2 aromatic rings. The van der Waals surface area contributed by atoms with Gasteiger partial charge in [-0.1, -0.05) is 36.4 Å². The Labute approximate surface area is 159 Å². The quantitative estimate of drug-likeness (QED) is 0.761. The fourth-order valence-corrected chi connectivity index (χ4v) is 3.86. The fourth-order valence-electron chi connectivity index (χ4n) is 3.14. The van der Waals surface area contributed by atoms with E-state index in [0.717, 1.165) is 20.8 Å². The van der Waals surface area contributed by atoms with Crippen LogP contribution in [0.2, 0.25) is 0 Å². The van der Waals surface area contributed by atoms with Gasteiger partial charge in [-0.15, -0.1) is 0 Å². The van der Waals surface area contributed by atoms with Crippen LogP contribution in [0, 0.1) is 11.3 Å². The van der Waals surface area contributed by atoms with Crippen molar-refractivity contribution in [3.05, 3.63) is 69.2 Å². The molecule has 2 aromatic carbocycles. The first kappa shape index (κ1) is 18.0. The number of carbonyl (C=O) groups excluding carboxylic acids is 1. The highest BCUT2D eigenvalue weighted by Crippen LogP contribution is 2.43. The lowest BCUT2D eigenvalue weighted by Gasteiger charge is -2.27. The standard InChI is InChI=1S/C20H17BrN2O3/c1-3-25-20(24)16-11(2)26-19(23)15(10-22)17(16)14-9-8-12-6-4-5-7-13(12)18(14)21/h4-9,17H,3,23H2,1-2H3. The number of nitriles is 1. The van der Waals surface area contributed by atoms with Gasteiger partial charge in [-0.3, -0.25) is 0 Å². The first-order chi connectivity index (χ1) is 12.5. The number of carbonyl (C=O) groups is 1. The Morgan fingerprint density at radius 3 is 2.77 bits per heavy atom. The highest BCUT2D eigenvalue weighted by Gasteiger charge is 2.37. The number of hydrogen-bond donors (Lipinski definition) is 1. The number of rotatable bonds is 3. The minimum absolute atomic E-state index is 0.00288. The number of esters is 1. The van der Waals surface area contributed by atoms with Crippen LogP contribution in [0.25, 0.3) is 10.8 Å². The summed E-state index contributed by atoms with van der Waals surface area (Å²) >= 11 is 3.64. The number of hydrogen-bond acceptors (Lipinski definition) is 5. The molecule has 3 rings (SSSR count). The largest absolute Gasteiger partial charge is 0.463 e. The van der Waals surface area contributed by atoms with Gasteiger partial charge in [0.15, 0.2) is 0 Å². The molecule has 1 aliphatic heterocycles. The smallest absolute Gasteiger partial charge is 0.338 e. The van der Waals surface area contributed by atoms with E-state index in [1.807, 2.05) is 36.4 Å². The van der Waals surface area contributed by atoms with Crippen LogP contribution < -0.4 is 5.73 Å². The summed E-state index contributed by atoms with van der Waals surface area (Å²) in [6.45, 7) is 3.60. The van der Waals surface area contributed by atoms with E-state index < -0.39 is 11.9 Å². The van der Waals surface area contributed by atoms with Gasteiger partial charge in [-0.25, -0.2) is 4.79 Å². The zero-order valence-corrected chi connectivity index (χ0v) is 16.0. The van der Waals surface area contributed by atoms with Gasteiger partial charge in [0.05, 0.1) is 18.1 Å². The summed E-state index contributed by atoms with van der Waals surface area (Å²) in [5, 5.41) is 11.7. The van der Waals surface area contributed by atoms with Gasteiger partial charge in [0.1, 0.15) is 17.4 Å². The van der Waals surface area contributed by atoms with Crippen molar-refractivity contribution in [3.8, 4) is 6.07 Å². The third kappa shape index (κ3) is 2.95. The first-order valence-electron chi connectivity index (χ1n) is 8.12. The van der Waals surface area contributed by atoms with E-state index in [1.54, 1.807) is 13.8 Å². The van der Waals surface area contributed by atoms with Gasteiger partial charge in [0, 0.05) is 4.47 Å². The minimum atomic E-state index is -0.660. The maximum Gasteiger partial charge on any atom is 0.338 e. The van der Waals surface area contributed by atoms with Crippen LogP contribution in [0.3, 0.4) is 0 Å². The molecule has 0 fully saturated rings. The second-order valence-corrected chi connectivity index (χ2v) is 6.60. The number of allylic oxidation sites excluding steroid dienone is 2. The predicted octanol–water partition coefficient (Wildman–Crippen LogP) is 4.25. The van der Waals surface area contributed by atoms with Crippen molar-refractivity contribution in [2.45, 2.75) is 19.8 Å². The molecule has 1 heterocycles. The number of fused-ring (bicyclic) bond motifs is 1. The summed E-state index contributed by atoms with van der Waals surface area (Å²) in [5.41, 5.74) is 7.17. The zero-order chi connectivity index (χ0) is 18.8. The van der Waals surface area contributed by atoms with Gasteiger partial charge in [0.25, 0.3) is 0 Å². The van der Waals surface area contributed by atoms with E-state index >= 15 is 0 Å². The molecule has 1 atom stereocenters. The lowest BCUT2D eigenvalue weighted by molar-refractivity contribution is -0.139. The van der Waals surface area contributed by atoms with Crippen molar-refractivity contribution in [3.63, 3.8) is 0 Å². The Bertz CT molecular complexity index is 1000. The molecule has 0 amide bonds. The number of nitrogens with zero attached hydrogens (tertiary/aromatic N) is 1. The molecule has 0 bridgehead atoms. The predicted molar refractivity (Wildman–Crippen MR) is 102 cm³/mol. The number of ether oxygens (including phenoxy) is 2. The molecule has 6 heteroatoms. The summed E-state index contributed by atoms with van der Waals surface area (Å²) in [6, 6.07) is 13.8.